The second kappa shape index (κ2) is 6.70. The highest BCUT2D eigenvalue weighted by Gasteiger charge is 2.12. The van der Waals surface area contributed by atoms with Crippen molar-refractivity contribution in [2.24, 2.45) is 0 Å². The van der Waals surface area contributed by atoms with Gasteiger partial charge in [0.1, 0.15) is 18.2 Å². The standard InChI is InChI=1S/C17H15FO3/c1-12(19)9-16(20)15-10-14(18)7-8-17(15)21-11-13-5-3-2-4-6-13/h2-10,19H,11H2,1H3/b12-9-. The number of rotatable bonds is 5. The number of carbonyl (C=O) groups is 1. The molecule has 0 saturated heterocycles. The van der Waals surface area contributed by atoms with E-state index in [1.54, 1.807) is 0 Å². The first kappa shape index (κ1) is 14.8. The monoisotopic (exact) mass is 286 g/mol. The molecule has 2 aromatic carbocycles. The average molecular weight is 286 g/mol. The van der Waals surface area contributed by atoms with E-state index < -0.39 is 11.6 Å². The Labute approximate surface area is 122 Å². The van der Waals surface area contributed by atoms with Gasteiger partial charge in [-0.25, -0.2) is 4.39 Å². The summed E-state index contributed by atoms with van der Waals surface area (Å²) in [7, 11) is 0. The Morgan fingerprint density at radius 1 is 1.24 bits per heavy atom. The third-order valence-corrected chi connectivity index (χ3v) is 2.78. The molecule has 21 heavy (non-hydrogen) atoms. The van der Waals surface area contributed by atoms with Crippen molar-refractivity contribution in [3.8, 4) is 5.75 Å². The predicted molar refractivity (Wildman–Crippen MR) is 77.9 cm³/mol. The Bertz CT molecular complexity index is 659. The van der Waals surface area contributed by atoms with Crippen LogP contribution in [-0.2, 0) is 6.61 Å². The lowest BCUT2D eigenvalue weighted by molar-refractivity contribution is 0.103. The molecule has 2 aromatic rings. The SMILES string of the molecule is C/C(O)=C/C(=O)c1cc(F)ccc1OCc1ccccc1. The van der Waals surface area contributed by atoms with Gasteiger partial charge >= 0.3 is 0 Å². The van der Waals surface area contributed by atoms with Gasteiger partial charge in [-0.15, -0.1) is 0 Å². The van der Waals surface area contributed by atoms with Crippen molar-refractivity contribution in [1.29, 1.82) is 0 Å². The topological polar surface area (TPSA) is 46.5 Å². The molecule has 0 saturated carbocycles. The van der Waals surface area contributed by atoms with Crippen LogP contribution in [0.3, 0.4) is 0 Å². The number of ether oxygens (including phenoxy) is 1. The number of halogens is 1. The quantitative estimate of drug-likeness (QED) is 0.512. The van der Waals surface area contributed by atoms with E-state index in [1.807, 2.05) is 30.3 Å². The molecule has 0 aliphatic heterocycles. The smallest absolute Gasteiger partial charge is 0.192 e. The Hall–Kier alpha value is -2.62. The van der Waals surface area contributed by atoms with Crippen LogP contribution in [0.4, 0.5) is 4.39 Å². The van der Waals surface area contributed by atoms with Crippen LogP contribution in [0.1, 0.15) is 22.8 Å². The van der Waals surface area contributed by atoms with Crippen molar-refractivity contribution in [1.82, 2.24) is 0 Å². The summed E-state index contributed by atoms with van der Waals surface area (Å²) < 4.78 is 18.9. The summed E-state index contributed by atoms with van der Waals surface area (Å²) >= 11 is 0. The summed E-state index contributed by atoms with van der Waals surface area (Å²) in [6.07, 6.45) is 1.03. The number of ketones is 1. The molecule has 0 amide bonds. The first-order valence-corrected chi connectivity index (χ1v) is 6.44. The molecule has 1 N–H and O–H groups in total. The van der Waals surface area contributed by atoms with E-state index in [9.17, 15) is 9.18 Å². The van der Waals surface area contributed by atoms with Gasteiger partial charge in [0, 0.05) is 6.08 Å². The molecule has 0 unspecified atom stereocenters. The van der Waals surface area contributed by atoms with E-state index in [1.165, 1.54) is 19.1 Å². The van der Waals surface area contributed by atoms with Gasteiger partial charge in [-0.1, -0.05) is 30.3 Å². The third-order valence-electron chi connectivity index (χ3n) is 2.78. The summed E-state index contributed by atoms with van der Waals surface area (Å²) in [5.74, 6) is -0.895. The molecule has 0 aliphatic carbocycles. The van der Waals surface area contributed by atoms with Gasteiger partial charge in [0.15, 0.2) is 5.78 Å². The second-order valence-corrected chi connectivity index (χ2v) is 4.56. The Kier molecular flexibility index (Phi) is 4.72. The van der Waals surface area contributed by atoms with Crippen LogP contribution in [0.2, 0.25) is 0 Å². The van der Waals surface area contributed by atoms with E-state index >= 15 is 0 Å². The lowest BCUT2D eigenvalue weighted by Crippen LogP contribution is -2.03. The van der Waals surface area contributed by atoms with Crippen LogP contribution in [0.15, 0.2) is 60.4 Å². The first-order chi connectivity index (χ1) is 10.1. The molecule has 2 rings (SSSR count). The van der Waals surface area contributed by atoms with Gasteiger partial charge in [0.2, 0.25) is 0 Å². The molecule has 0 radical (unpaired) electrons. The number of benzene rings is 2. The van der Waals surface area contributed by atoms with Gasteiger partial charge in [-0.2, -0.15) is 0 Å². The Morgan fingerprint density at radius 2 is 1.95 bits per heavy atom. The summed E-state index contributed by atoms with van der Waals surface area (Å²) in [4.78, 5) is 12.0. The molecule has 0 atom stereocenters. The molecule has 0 bridgehead atoms. The van der Waals surface area contributed by atoms with E-state index in [4.69, 9.17) is 9.84 Å². The Balaban J connectivity index is 2.23. The van der Waals surface area contributed by atoms with Crippen LogP contribution in [-0.4, -0.2) is 10.9 Å². The van der Waals surface area contributed by atoms with Gasteiger partial charge in [-0.3, -0.25) is 4.79 Å². The molecule has 4 heteroatoms. The molecular formula is C17H15FO3. The lowest BCUT2D eigenvalue weighted by atomic mass is 10.1. The number of hydrogen-bond donors (Lipinski definition) is 1. The number of carbonyl (C=O) groups excluding carboxylic acids is 1. The maximum atomic E-state index is 13.3. The molecule has 0 fully saturated rings. The van der Waals surface area contributed by atoms with Crippen molar-refractivity contribution in [2.75, 3.05) is 0 Å². The highest BCUT2D eigenvalue weighted by molar-refractivity contribution is 6.06. The molecular weight excluding hydrogens is 271 g/mol. The fourth-order valence-electron chi connectivity index (χ4n) is 1.82. The van der Waals surface area contributed by atoms with Gasteiger partial charge in [-0.05, 0) is 30.7 Å². The second-order valence-electron chi connectivity index (χ2n) is 4.56. The van der Waals surface area contributed by atoms with E-state index in [-0.39, 0.29) is 23.7 Å². The molecule has 0 aromatic heterocycles. The van der Waals surface area contributed by atoms with Crippen molar-refractivity contribution < 1.29 is 19.0 Å². The summed E-state index contributed by atoms with van der Waals surface area (Å²) in [5.41, 5.74) is 1.02. The largest absolute Gasteiger partial charge is 0.512 e. The lowest BCUT2D eigenvalue weighted by Gasteiger charge is -2.10. The summed E-state index contributed by atoms with van der Waals surface area (Å²) in [6, 6.07) is 13.2. The minimum absolute atomic E-state index is 0.0827. The van der Waals surface area contributed by atoms with Crippen LogP contribution in [0, 0.1) is 5.82 Å². The van der Waals surface area contributed by atoms with Crippen LogP contribution in [0.5, 0.6) is 5.75 Å². The summed E-state index contributed by atoms with van der Waals surface area (Å²) in [5, 5.41) is 9.16. The van der Waals surface area contributed by atoms with Gasteiger partial charge in [0.25, 0.3) is 0 Å². The van der Waals surface area contributed by atoms with E-state index in [0.29, 0.717) is 0 Å². The van der Waals surface area contributed by atoms with Crippen molar-refractivity contribution >= 4 is 5.78 Å². The van der Waals surface area contributed by atoms with Crippen molar-refractivity contribution in [2.45, 2.75) is 13.5 Å². The zero-order valence-corrected chi connectivity index (χ0v) is 11.5. The molecule has 0 spiro atoms. The molecule has 3 nitrogen and oxygen atoms in total. The summed E-state index contributed by atoms with van der Waals surface area (Å²) in [6.45, 7) is 1.65. The first-order valence-electron chi connectivity index (χ1n) is 6.44. The van der Waals surface area contributed by atoms with E-state index in [0.717, 1.165) is 17.7 Å². The number of hydrogen-bond acceptors (Lipinski definition) is 3. The molecule has 108 valence electrons. The highest BCUT2D eigenvalue weighted by Crippen LogP contribution is 2.22. The van der Waals surface area contributed by atoms with Gasteiger partial charge < -0.3 is 9.84 Å². The van der Waals surface area contributed by atoms with Gasteiger partial charge in [0.05, 0.1) is 11.3 Å². The number of aliphatic hydroxyl groups is 1. The molecule has 0 heterocycles. The van der Waals surface area contributed by atoms with Crippen LogP contribution in [0.25, 0.3) is 0 Å². The highest BCUT2D eigenvalue weighted by atomic mass is 19.1. The Morgan fingerprint density at radius 3 is 2.62 bits per heavy atom. The maximum absolute atomic E-state index is 13.3. The van der Waals surface area contributed by atoms with E-state index in [2.05, 4.69) is 0 Å². The predicted octanol–water partition coefficient (Wildman–Crippen LogP) is 4.05. The third kappa shape index (κ3) is 4.18. The zero-order valence-electron chi connectivity index (χ0n) is 11.5. The van der Waals surface area contributed by atoms with Crippen LogP contribution < -0.4 is 4.74 Å². The van der Waals surface area contributed by atoms with Crippen molar-refractivity contribution in [3.05, 3.63) is 77.3 Å². The average Bonchev–Trinajstić information content (AvgIpc) is 2.46. The minimum atomic E-state index is -0.533. The molecule has 0 aliphatic rings. The number of allylic oxidation sites excluding steroid dienone is 2. The fraction of sp³-hybridized carbons (Fsp3) is 0.118. The number of aliphatic hydroxyl groups excluding tert-OH is 1. The van der Waals surface area contributed by atoms with Crippen molar-refractivity contribution in [3.63, 3.8) is 0 Å². The maximum Gasteiger partial charge on any atom is 0.192 e. The normalized spacial score (nSPS) is 11.2. The zero-order chi connectivity index (χ0) is 15.2. The fourth-order valence-corrected chi connectivity index (χ4v) is 1.82. The minimum Gasteiger partial charge on any atom is -0.512 e. The van der Waals surface area contributed by atoms with Crippen LogP contribution >= 0.6 is 0 Å².